The zero-order chi connectivity index (χ0) is 24.0. The number of carboxylic acids is 1. The number of nitrogens with zero attached hydrogens (tertiary/aromatic N) is 1. The predicted molar refractivity (Wildman–Crippen MR) is 121 cm³/mol. The highest BCUT2D eigenvalue weighted by atomic mass is 32.2. The number of hydrogen-bond acceptors (Lipinski definition) is 6. The summed E-state index contributed by atoms with van der Waals surface area (Å²) in [5.74, 6) is -1.68. The number of aliphatic carboxylic acids is 1. The Balaban J connectivity index is 1.95. The Labute approximate surface area is 190 Å². The van der Waals surface area contributed by atoms with Crippen LogP contribution in [0, 0.1) is 0 Å². The van der Waals surface area contributed by atoms with E-state index in [-0.39, 0.29) is 25.3 Å². The summed E-state index contributed by atoms with van der Waals surface area (Å²) < 4.78 is 31.5. The van der Waals surface area contributed by atoms with Crippen LogP contribution in [0.25, 0.3) is 10.9 Å². The lowest BCUT2D eigenvalue weighted by molar-refractivity contribution is -0.137. The van der Waals surface area contributed by atoms with Crippen LogP contribution >= 0.6 is 0 Å². The molecule has 0 aliphatic heterocycles. The minimum Gasteiger partial charge on any atom is -0.481 e. The van der Waals surface area contributed by atoms with Crippen molar-refractivity contribution in [1.29, 1.82) is 0 Å². The second-order valence-corrected chi connectivity index (χ2v) is 9.06. The van der Waals surface area contributed by atoms with Crippen LogP contribution in [0.3, 0.4) is 0 Å². The third-order valence-corrected chi connectivity index (χ3v) is 5.30. The maximum atomic E-state index is 12.6. The van der Waals surface area contributed by atoms with Crippen LogP contribution in [-0.4, -0.2) is 42.3 Å². The van der Waals surface area contributed by atoms with Gasteiger partial charge < -0.3 is 14.4 Å². The number of nitrogens with one attached hydrogen (secondary N) is 2. The molecule has 3 rings (SSSR count). The zero-order valence-electron chi connectivity index (χ0n) is 17.8. The maximum Gasteiger partial charge on any atom is 0.413 e. The highest BCUT2D eigenvalue weighted by molar-refractivity contribution is 7.89. The molecule has 0 bridgehead atoms. The smallest absolute Gasteiger partial charge is 0.413 e. The number of anilines is 1. The minimum absolute atomic E-state index is 0.00588. The molecule has 0 aliphatic carbocycles. The van der Waals surface area contributed by atoms with Gasteiger partial charge in [0.2, 0.25) is 10.0 Å². The molecule has 0 aliphatic rings. The number of carboxylic acid groups (broad SMARTS) is 1. The third kappa shape index (κ3) is 6.56. The lowest BCUT2D eigenvalue weighted by atomic mass is 10.1. The number of aromatic nitrogens is 1. The number of rotatable bonds is 9. The van der Waals surface area contributed by atoms with Gasteiger partial charge in [-0.25, -0.2) is 13.2 Å². The average molecular weight is 474 g/mol. The molecule has 0 saturated carbocycles. The molecule has 11 heteroatoms. The zero-order valence-corrected chi connectivity index (χ0v) is 18.6. The molecule has 0 atom stereocenters. The molecule has 0 saturated heterocycles. The van der Waals surface area contributed by atoms with E-state index in [0.29, 0.717) is 16.5 Å². The Morgan fingerprint density at radius 3 is 2.36 bits per heavy atom. The number of fused-ring (bicyclic) bond motifs is 1. The molecule has 1 heterocycles. The number of para-hydroxylation sites is 1. The molecule has 0 spiro atoms. The van der Waals surface area contributed by atoms with Crippen molar-refractivity contribution in [2.45, 2.75) is 26.0 Å². The summed E-state index contributed by atoms with van der Waals surface area (Å²) in [6.45, 7) is -0.416. The van der Waals surface area contributed by atoms with E-state index in [1.807, 2.05) is 10.8 Å². The summed E-state index contributed by atoms with van der Waals surface area (Å²) in [6.07, 6.45) is -0.0814. The van der Waals surface area contributed by atoms with Gasteiger partial charge in [0.25, 0.3) is 5.91 Å². The highest BCUT2D eigenvalue weighted by Crippen LogP contribution is 2.32. The van der Waals surface area contributed by atoms with Crippen molar-refractivity contribution in [2.75, 3.05) is 11.6 Å². The molecule has 3 N–H and O–H groups in total. The Hall–Kier alpha value is -3.86. The Kier molecular flexibility index (Phi) is 7.34. The van der Waals surface area contributed by atoms with Gasteiger partial charge in [0.1, 0.15) is 19.0 Å². The van der Waals surface area contributed by atoms with Crippen LogP contribution in [0.2, 0.25) is 0 Å². The van der Waals surface area contributed by atoms with E-state index >= 15 is 0 Å². The van der Waals surface area contributed by atoms with Crippen molar-refractivity contribution in [3.05, 3.63) is 65.7 Å². The number of aryl methyl sites for hydroxylation is 1. The van der Waals surface area contributed by atoms with Gasteiger partial charge in [-0.3, -0.25) is 19.6 Å². The number of sulfonamides is 1. The number of amides is 2. The first kappa shape index (κ1) is 23.8. The number of carbonyl (C=O) groups is 3. The number of benzene rings is 2. The lowest BCUT2D eigenvalue weighted by Gasteiger charge is -2.13. The van der Waals surface area contributed by atoms with Crippen molar-refractivity contribution < 1.29 is 32.6 Å². The largest absolute Gasteiger partial charge is 0.481 e. The standard InChI is InChI=1S/C22H23N3O7S/c1-33(30,31)24-19(26)13-25-18-10-6-5-9-16(18)17(11-12-20(27)28)21(25)23-22(29)32-14-15-7-3-2-4-8-15/h2-10H,11-14H2,1H3,(H,23,29)(H,24,26)(H,27,28). The molecule has 0 fully saturated rings. The highest BCUT2D eigenvalue weighted by Gasteiger charge is 2.22. The maximum absolute atomic E-state index is 12.6. The van der Waals surface area contributed by atoms with Crippen LogP contribution in [0.4, 0.5) is 10.6 Å². The molecule has 1 aromatic heterocycles. The summed E-state index contributed by atoms with van der Waals surface area (Å²) in [5.41, 5.74) is 1.79. The van der Waals surface area contributed by atoms with E-state index in [0.717, 1.165) is 11.8 Å². The number of ether oxygens (including phenoxy) is 1. The number of hydrogen-bond donors (Lipinski definition) is 3. The fourth-order valence-corrected chi connectivity index (χ4v) is 3.88. The molecule has 0 radical (unpaired) electrons. The van der Waals surface area contributed by atoms with Crippen LogP contribution in [-0.2, 0) is 43.9 Å². The average Bonchev–Trinajstić information content (AvgIpc) is 3.02. The molecule has 2 aromatic carbocycles. The monoisotopic (exact) mass is 473 g/mol. The summed E-state index contributed by atoms with van der Waals surface area (Å²) in [7, 11) is -3.79. The van der Waals surface area contributed by atoms with E-state index < -0.39 is 34.5 Å². The van der Waals surface area contributed by atoms with Crippen LogP contribution in [0.5, 0.6) is 0 Å². The third-order valence-electron chi connectivity index (χ3n) is 4.70. The van der Waals surface area contributed by atoms with Gasteiger partial charge in [-0.1, -0.05) is 48.5 Å². The number of carbonyl (C=O) groups excluding carboxylic acids is 2. The molecule has 2 amide bonds. The van der Waals surface area contributed by atoms with E-state index in [4.69, 9.17) is 9.84 Å². The van der Waals surface area contributed by atoms with Crippen molar-refractivity contribution in [3.63, 3.8) is 0 Å². The Morgan fingerprint density at radius 2 is 1.70 bits per heavy atom. The molecular formula is C22H23N3O7S. The van der Waals surface area contributed by atoms with Gasteiger partial charge in [0, 0.05) is 17.4 Å². The van der Waals surface area contributed by atoms with Crippen molar-refractivity contribution in [1.82, 2.24) is 9.29 Å². The molecular weight excluding hydrogens is 450 g/mol. The van der Waals surface area contributed by atoms with E-state index in [2.05, 4.69) is 5.32 Å². The van der Waals surface area contributed by atoms with Crippen LogP contribution in [0.15, 0.2) is 54.6 Å². The fourth-order valence-electron chi connectivity index (χ4n) is 3.41. The van der Waals surface area contributed by atoms with E-state index in [1.165, 1.54) is 4.57 Å². The Bertz CT molecular complexity index is 1280. The summed E-state index contributed by atoms with van der Waals surface area (Å²) in [4.78, 5) is 36.1. The van der Waals surface area contributed by atoms with Gasteiger partial charge in [-0.2, -0.15) is 0 Å². The first-order chi connectivity index (χ1) is 15.6. The molecule has 10 nitrogen and oxygen atoms in total. The van der Waals surface area contributed by atoms with Gasteiger partial charge in [-0.05, 0) is 18.1 Å². The normalized spacial score (nSPS) is 11.2. The van der Waals surface area contributed by atoms with Crippen molar-refractivity contribution in [2.24, 2.45) is 0 Å². The first-order valence-electron chi connectivity index (χ1n) is 9.94. The Morgan fingerprint density at radius 1 is 1.03 bits per heavy atom. The minimum atomic E-state index is -3.79. The van der Waals surface area contributed by atoms with Crippen molar-refractivity contribution >= 4 is 44.7 Å². The van der Waals surface area contributed by atoms with E-state index in [9.17, 15) is 22.8 Å². The topological polar surface area (TPSA) is 144 Å². The fraction of sp³-hybridized carbons (Fsp3) is 0.227. The quantitative estimate of drug-likeness (QED) is 0.433. The second-order valence-electron chi connectivity index (χ2n) is 7.31. The van der Waals surface area contributed by atoms with E-state index in [1.54, 1.807) is 48.5 Å². The predicted octanol–water partition coefficient (Wildman–Crippen LogP) is 2.48. The summed E-state index contributed by atoms with van der Waals surface area (Å²) >= 11 is 0. The summed E-state index contributed by atoms with van der Waals surface area (Å²) in [6, 6.07) is 15.9. The first-order valence-corrected chi connectivity index (χ1v) is 11.8. The second kappa shape index (κ2) is 10.2. The molecule has 0 unspecified atom stereocenters. The van der Waals surface area contributed by atoms with Crippen LogP contribution in [0.1, 0.15) is 17.5 Å². The lowest BCUT2D eigenvalue weighted by Crippen LogP contribution is -2.33. The van der Waals surface area contributed by atoms with Gasteiger partial charge in [0.15, 0.2) is 0 Å². The molecule has 33 heavy (non-hydrogen) atoms. The van der Waals surface area contributed by atoms with Crippen LogP contribution < -0.4 is 10.0 Å². The van der Waals surface area contributed by atoms with Gasteiger partial charge in [0.05, 0.1) is 11.8 Å². The van der Waals surface area contributed by atoms with Gasteiger partial charge >= 0.3 is 12.1 Å². The molecule has 174 valence electrons. The van der Waals surface area contributed by atoms with Crippen molar-refractivity contribution in [3.8, 4) is 0 Å². The SMILES string of the molecule is CS(=O)(=O)NC(=O)Cn1c(NC(=O)OCc2ccccc2)c(CCC(=O)O)c2ccccc21. The molecule has 3 aromatic rings. The van der Waals surface area contributed by atoms with Gasteiger partial charge in [-0.15, -0.1) is 0 Å². The summed E-state index contributed by atoms with van der Waals surface area (Å²) in [5, 5.41) is 12.4.